The molecule has 0 aromatic carbocycles. The fourth-order valence-corrected chi connectivity index (χ4v) is 1.70. The molecule has 142 valence electrons. The molecule has 1 atom stereocenters. The summed E-state index contributed by atoms with van der Waals surface area (Å²) in [7, 11) is 0. The number of alkyl carbamates (subject to hydrolysis) is 1. The second-order valence-electron chi connectivity index (χ2n) is 7.75. The maximum absolute atomic E-state index is 12.3. The molecule has 0 saturated carbocycles. The van der Waals surface area contributed by atoms with Crippen molar-refractivity contribution in [1.29, 1.82) is 0 Å². The molecule has 0 aromatic rings. The van der Waals surface area contributed by atoms with Crippen LogP contribution in [0.1, 0.15) is 74.1 Å². The molecule has 0 aliphatic carbocycles. The molecule has 1 N–H and O–H groups in total. The number of hydrogen-bond donors (Lipinski definition) is 1. The summed E-state index contributed by atoms with van der Waals surface area (Å²) in [5.41, 5.74) is -1.39. The van der Waals surface area contributed by atoms with Crippen LogP contribution in [0.25, 0.3) is 0 Å². The van der Waals surface area contributed by atoms with Crippen LogP contribution in [0.3, 0.4) is 0 Å². The van der Waals surface area contributed by atoms with Crippen molar-refractivity contribution >= 4 is 17.8 Å². The summed E-state index contributed by atoms with van der Waals surface area (Å²) in [5.74, 6) is 4.43. The Bertz CT molecular complexity index is 529. The van der Waals surface area contributed by atoms with Crippen LogP contribution in [0.2, 0.25) is 0 Å². The number of nitrogens with one attached hydrogen (secondary N) is 1. The Morgan fingerprint density at radius 3 is 2.04 bits per heavy atom. The minimum atomic E-state index is -0.967. The van der Waals surface area contributed by atoms with E-state index in [1.165, 1.54) is 0 Å². The number of carbonyl (C=O) groups excluding carboxylic acids is 3. The van der Waals surface area contributed by atoms with E-state index >= 15 is 0 Å². The van der Waals surface area contributed by atoms with Crippen LogP contribution < -0.4 is 5.32 Å². The van der Waals surface area contributed by atoms with Crippen molar-refractivity contribution in [2.45, 2.75) is 91.4 Å². The highest BCUT2D eigenvalue weighted by Gasteiger charge is 2.28. The molecule has 0 rings (SSSR count). The predicted octanol–water partition coefficient (Wildman–Crippen LogP) is 3.37. The molecule has 0 saturated heterocycles. The zero-order valence-electron chi connectivity index (χ0n) is 16.4. The van der Waals surface area contributed by atoms with E-state index < -0.39 is 29.3 Å². The Balaban J connectivity index is 4.90. The summed E-state index contributed by atoms with van der Waals surface area (Å²) in [6.07, 6.45) is 0.954. The third-order valence-corrected chi connectivity index (χ3v) is 2.65. The van der Waals surface area contributed by atoms with E-state index in [1.807, 2.05) is 6.92 Å². The lowest BCUT2D eigenvalue weighted by Crippen LogP contribution is -2.46. The van der Waals surface area contributed by atoms with Crippen LogP contribution in [0.4, 0.5) is 4.79 Å². The Labute approximate surface area is 151 Å². The number of ketones is 1. The van der Waals surface area contributed by atoms with Crippen molar-refractivity contribution < 1.29 is 23.9 Å². The average molecular weight is 353 g/mol. The summed E-state index contributed by atoms with van der Waals surface area (Å²) in [6.45, 7) is 12.3. The van der Waals surface area contributed by atoms with Crippen molar-refractivity contribution in [2.75, 3.05) is 0 Å². The number of rotatable bonds is 6. The van der Waals surface area contributed by atoms with Gasteiger partial charge in [0, 0.05) is 12.8 Å². The van der Waals surface area contributed by atoms with E-state index in [2.05, 4.69) is 17.2 Å². The van der Waals surface area contributed by atoms with Gasteiger partial charge in [-0.3, -0.25) is 4.79 Å². The number of ether oxygens (including phenoxy) is 2. The average Bonchev–Trinajstić information content (AvgIpc) is 2.39. The normalized spacial score (nSPS) is 12.4. The van der Waals surface area contributed by atoms with Gasteiger partial charge in [0.2, 0.25) is 5.78 Å². The van der Waals surface area contributed by atoms with Crippen LogP contribution in [0.5, 0.6) is 0 Å². The molecular formula is C19H31NO5. The quantitative estimate of drug-likeness (QED) is 0.450. The van der Waals surface area contributed by atoms with Gasteiger partial charge in [0.15, 0.2) is 0 Å². The van der Waals surface area contributed by atoms with E-state index in [9.17, 15) is 14.4 Å². The minimum Gasteiger partial charge on any atom is -0.458 e. The molecule has 0 aliphatic heterocycles. The first-order chi connectivity index (χ1) is 11.3. The molecule has 0 spiro atoms. The highest BCUT2D eigenvalue weighted by molar-refractivity contribution is 5.95. The van der Waals surface area contributed by atoms with Gasteiger partial charge in [0.25, 0.3) is 0 Å². The van der Waals surface area contributed by atoms with Gasteiger partial charge in [-0.2, -0.15) is 0 Å². The fraction of sp³-hybridized carbons (Fsp3) is 0.737. The molecule has 25 heavy (non-hydrogen) atoms. The second-order valence-corrected chi connectivity index (χ2v) is 7.75. The summed E-state index contributed by atoms with van der Waals surface area (Å²) in [5, 5.41) is 2.48. The van der Waals surface area contributed by atoms with Gasteiger partial charge in [-0.15, -0.1) is 0 Å². The van der Waals surface area contributed by atoms with Crippen molar-refractivity contribution in [3.8, 4) is 11.8 Å². The van der Waals surface area contributed by atoms with Crippen LogP contribution in [-0.4, -0.2) is 35.1 Å². The van der Waals surface area contributed by atoms with Gasteiger partial charge < -0.3 is 14.8 Å². The van der Waals surface area contributed by atoms with Crippen LogP contribution in [0.15, 0.2) is 0 Å². The zero-order valence-corrected chi connectivity index (χ0v) is 16.4. The third kappa shape index (κ3) is 13.0. The molecule has 0 unspecified atom stereocenters. The second kappa shape index (κ2) is 10.1. The molecule has 0 fully saturated rings. The highest BCUT2D eigenvalue weighted by atomic mass is 16.6. The maximum Gasteiger partial charge on any atom is 0.408 e. The summed E-state index contributed by atoms with van der Waals surface area (Å²) in [6, 6.07) is -0.967. The number of hydrogen-bond acceptors (Lipinski definition) is 5. The van der Waals surface area contributed by atoms with Crippen LogP contribution in [-0.2, 0) is 19.1 Å². The van der Waals surface area contributed by atoms with E-state index in [4.69, 9.17) is 9.47 Å². The zero-order chi connectivity index (χ0) is 19.7. The Kier molecular flexibility index (Phi) is 9.25. The first-order valence-corrected chi connectivity index (χ1v) is 8.58. The van der Waals surface area contributed by atoms with Gasteiger partial charge in [-0.05, 0) is 60.3 Å². The van der Waals surface area contributed by atoms with Gasteiger partial charge in [0.05, 0.1) is 0 Å². The topological polar surface area (TPSA) is 81.7 Å². The lowest BCUT2D eigenvalue weighted by Gasteiger charge is -2.26. The number of amides is 1. The standard InChI is InChI=1S/C19H31NO5/c1-8-9-10-11-14(21)12-13-15(16(22)24-18(2,3)4)20-17(23)25-19(5,6)7/h15H,8-9,12-13H2,1-7H3,(H,20,23)/t15-/m0/s1. The molecular weight excluding hydrogens is 322 g/mol. The maximum atomic E-state index is 12.3. The van der Waals surface area contributed by atoms with E-state index in [0.717, 1.165) is 6.42 Å². The van der Waals surface area contributed by atoms with Crippen molar-refractivity contribution in [3.05, 3.63) is 0 Å². The third-order valence-electron chi connectivity index (χ3n) is 2.65. The number of unbranched alkanes of at least 4 members (excludes halogenated alkanes) is 1. The number of carbonyl (C=O) groups is 3. The largest absolute Gasteiger partial charge is 0.458 e. The molecule has 0 aromatic heterocycles. The number of esters is 1. The molecule has 1 amide bonds. The van der Waals surface area contributed by atoms with Gasteiger partial charge in [-0.25, -0.2) is 9.59 Å². The summed E-state index contributed by atoms with van der Waals surface area (Å²) < 4.78 is 10.5. The molecule has 6 nitrogen and oxygen atoms in total. The van der Waals surface area contributed by atoms with Gasteiger partial charge >= 0.3 is 12.1 Å². The first-order valence-electron chi connectivity index (χ1n) is 8.58. The molecule has 0 radical (unpaired) electrons. The van der Waals surface area contributed by atoms with Crippen molar-refractivity contribution in [2.24, 2.45) is 0 Å². The van der Waals surface area contributed by atoms with E-state index in [1.54, 1.807) is 41.5 Å². The summed E-state index contributed by atoms with van der Waals surface area (Å²) in [4.78, 5) is 36.0. The molecule has 0 aliphatic rings. The monoisotopic (exact) mass is 353 g/mol. The smallest absolute Gasteiger partial charge is 0.408 e. The van der Waals surface area contributed by atoms with Crippen molar-refractivity contribution in [3.63, 3.8) is 0 Å². The van der Waals surface area contributed by atoms with E-state index in [-0.39, 0.29) is 18.6 Å². The van der Waals surface area contributed by atoms with Gasteiger partial charge in [-0.1, -0.05) is 12.8 Å². The highest BCUT2D eigenvalue weighted by Crippen LogP contribution is 2.12. The molecule has 6 heteroatoms. The SMILES string of the molecule is CCCC#CC(=O)CC[C@H](NC(=O)OC(C)(C)C)C(=O)OC(C)(C)C. The minimum absolute atomic E-state index is 0.0520. The Morgan fingerprint density at radius 2 is 1.56 bits per heavy atom. The lowest BCUT2D eigenvalue weighted by atomic mass is 10.1. The number of Topliss-reactive ketones (excluding diaryl/α,β-unsaturated/α-hetero) is 1. The van der Waals surface area contributed by atoms with E-state index in [0.29, 0.717) is 6.42 Å². The molecule has 0 bridgehead atoms. The Hall–Kier alpha value is -2.03. The van der Waals surface area contributed by atoms with Crippen molar-refractivity contribution in [1.82, 2.24) is 5.32 Å². The lowest BCUT2D eigenvalue weighted by molar-refractivity contribution is -0.157. The fourth-order valence-electron chi connectivity index (χ4n) is 1.70. The predicted molar refractivity (Wildman–Crippen MR) is 95.9 cm³/mol. The summed E-state index contributed by atoms with van der Waals surface area (Å²) >= 11 is 0. The Morgan fingerprint density at radius 1 is 1.00 bits per heavy atom. The first kappa shape index (κ1) is 23.0. The van der Waals surface area contributed by atoms with Crippen LogP contribution in [0, 0.1) is 11.8 Å². The van der Waals surface area contributed by atoms with Crippen LogP contribution >= 0.6 is 0 Å². The van der Waals surface area contributed by atoms with Gasteiger partial charge in [0.1, 0.15) is 17.2 Å². The molecule has 0 heterocycles.